The van der Waals surface area contributed by atoms with E-state index in [1.165, 1.54) is 5.56 Å². The zero-order chi connectivity index (χ0) is 19.2. The zero-order valence-electron chi connectivity index (χ0n) is 16.1. The molecule has 3 atom stereocenters. The predicted molar refractivity (Wildman–Crippen MR) is 108 cm³/mol. The average Bonchev–Trinajstić information content (AvgIpc) is 3.14. The molecule has 5 nitrogen and oxygen atoms in total. The number of para-hydroxylation sites is 1. The summed E-state index contributed by atoms with van der Waals surface area (Å²) in [6.45, 7) is 3.09. The van der Waals surface area contributed by atoms with Crippen molar-refractivity contribution in [3.8, 4) is 5.75 Å². The van der Waals surface area contributed by atoms with Crippen LogP contribution in [-0.2, 0) is 9.53 Å². The van der Waals surface area contributed by atoms with E-state index in [2.05, 4.69) is 34.5 Å². The topological polar surface area (TPSA) is 50.8 Å². The summed E-state index contributed by atoms with van der Waals surface area (Å²) in [4.78, 5) is 14.7. The van der Waals surface area contributed by atoms with Crippen LogP contribution < -0.4 is 10.1 Å². The third-order valence-corrected chi connectivity index (χ3v) is 5.51. The van der Waals surface area contributed by atoms with Crippen molar-refractivity contribution in [1.82, 2.24) is 10.2 Å². The van der Waals surface area contributed by atoms with Crippen LogP contribution in [0.25, 0.3) is 0 Å². The highest BCUT2D eigenvalue weighted by atomic mass is 16.5. The fraction of sp³-hybridized carbons (Fsp3) is 0.435. The maximum Gasteiger partial charge on any atom is 0.220 e. The molecule has 5 heteroatoms. The predicted octanol–water partition coefficient (Wildman–Crippen LogP) is 3.18. The Morgan fingerprint density at radius 1 is 1.07 bits per heavy atom. The minimum absolute atomic E-state index is 0.113. The third-order valence-electron chi connectivity index (χ3n) is 5.51. The van der Waals surface area contributed by atoms with Crippen LogP contribution in [0.4, 0.5) is 0 Å². The van der Waals surface area contributed by atoms with Gasteiger partial charge < -0.3 is 14.8 Å². The number of carbonyl (C=O) groups is 1. The number of hydrogen-bond donors (Lipinski definition) is 1. The summed E-state index contributed by atoms with van der Waals surface area (Å²) in [5, 5.41) is 3.20. The molecule has 0 unspecified atom stereocenters. The highest BCUT2D eigenvalue weighted by Gasteiger charge is 2.38. The Morgan fingerprint density at radius 2 is 1.82 bits per heavy atom. The fourth-order valence-corrected chi connectivity index (χ4v) is 4.09. The molecule has 0 aliphatic carbocycles. The van der Waals surface area contributed by atoms with Crippen LogP contribution in [0.3, 0.4) is 0 Å². The van der Waals surface area contributed by atoms with Crippen LogP contribution in [0, 0.1) is 0 Å². The lowest BCUT2D eigenvalue weighted by Crippen LogP contribution is -2.43. The van der Waals surface area contributed by atoms with E-state index in [0.717, 1.165) is 38.3 Å². The van der Waals surface area contributed by atoms with Gasteiger partial charge in [0.25, 0.3) is 0 Å². The van der Waals surface area contributed by atoms with E-state index in [9.17, 15) is 4.79 Å². The van der Waals surface area contributed by atoms with Crippen LogP contribution in [-0.4, -0.2) is 49.2 Å². The lowest BCUT2D eigenvalue weighted by atomic mass is 10.1. The maximum atomic E-state index is 12.3. The Balaban J connectivity index is 1.18. The van der Waals surface area contributed by atoms with E-state index in [1.54, 1.807) is 0 Å². The summed E-state index contributed by atoms with van der Waals surface area (Å²) < 4.78 is 11.7. The monoisotopic (exact) mass is 380 g/mol. The molecule has 0 saturated carbocycles. The Labute approximate surface area is 166 Å². The fourth-order valence-electron chi connectivity index (χ4n) is 4.09. The molecule has 2 heterocycles. The van der Waals surface area contributed by atoms with Gasteiger partial charge in [-0.05, 0) is 30.5 Å². The second-order valence-corrected chi connectivity index (χ2v) is 7.61. The summed E-state index contributed by atoms with van der Waals surface area (Å²) in [5.41, 5.74) is 1.23. The molecule has 2 aromatic rings. The maximum absolute atomic E-state index is 12.3. The van der Waals surface area contributed by atoms with Crippen LogP contribution in [0.15, 0.2) is 60.7 Å². The van der Waals surface area contributed by atoms with Crippen molar-refractivity contribution in [2.75, 3.05) is 26.3 Å². The normalized spacial score (nSPS) is 24.5. The number of benzene rings is 2. The molecular formula is C23H28N2O3. The van der Waals surface area contributed by atoms with E-state index in [1.807, 2.05) is 36.4 Å². The van der Waals surface area contributed by atoms with Crippen molar-refractivity contribution in [2.45, 2.75) is 37.5 Å². The minimum atomic E-state index is 0.113. The van der Waals surface area contributed by atoms with Gasteiger partial charge in [-0.1, -0.05) is 48.5 Å². The summed E-state index contributed by atoms with van der Waals surface area (Å²) in [6, 6.07) is 20.7. The molecule has 2 fully saturated rings. The van der Waals surface area contributed by atoms with Gasteiger partial charge in [-0.15, -0.1) is 0 Å². The first-order chi connectivity index (χ1) is 13.8. The first-order valence-corrected chi connectivity index (χ1v) is 10.2. The third kappa shape index (κ3) is 4.91. The van der Waals surface area contributed by atoms with Gasteiger partial charge in [-0.2, -0.15) is 0 Å². The first-order valence-electron chi connectivity index (χ1n) is 10.2. The number of nitrogens with zero attached hydrogens (tertiary/aromatic N) is 1. The molecule has 148 valence electrons. The average molecular weight is 380 g/mol. The van der Waals surface area contributed by atoms with Gasteiger partial charge in [0.1, 0.15) is 5.75 Å². The van der Waals surface area contributed by atoms with Crippen molar-refractivity contribution in [2.24, 2.45) is 0 Å². The lowest BCUT2D eigenvalue weighted by molar-refractivity contribution is -0.121. The summed E-state index contributed by atoms with van der Waals surface area (Å²) in [7, 11) is 0. The van der Waals surface area contributed by atoms with E-state index in [-0.39, 0.29) is 18.1 Å². The SMILES string of the molecule is O=C(CCCOc1ccccc1)N[C@@H]1C[C@H]2CO[C@@H](c3ccccc3)CN2C1. The number of nitrogens with one attached hydrogen (secondary N) is 1. The first kappa shape index (κ1) is 19.0. The number of rotatable bonds is 7. The second kappa shape index (κ2) is 9.22. The highest BCUT2D eigenvalue weighted by Crippen LogP contribution is 2.30. The van der Waals surface area contributed by atoms with Crippen LogP contribution in [0.2, 0.25) is 0 Å². The molecular weight excluding hydrogens is 352 g/mol. The molecule has 2 saturated heterocycles. The van der Waals surface area contributed by atoms with E-state index >= 15 is 0 Å². The van der Waals surface area contributed by atoms with Crippen molar-refractivity contribution < 1.29 is 14.3 Å². The second-order valence-electron chi connectivity index (χ2n) is 7.61. The molecule has 4 rings (SSSR count). The minimum Gasteiger partial charge on any atom is -0.494 e. The largest absolute Gasteiger partial charge is 0.494 e. The Morgan fingerprint density at radius 3 is 2.61 bits per heavy atom. The number of fused-ring (bicyclic) bond motifs is 1. The molecule has 28 heavy (non-hydrogen) atoms. The van der Waals surface area contributed by atoms with Crippen molar-refractivity contribution in [3.05, 3.63) is 66.2 Å². The van der Waals surface area contributed by atoms with Gasteiger partial charge in [0.15, 0.2) is 0 Å². The number of carbonyl (C=O) groups excluding carboxylic acids is 1. The summed E-state index contributed by atoms with van der Waals surface area (Å²) in [5.74, 6) is 0.964. The number of hydrogen-bond acceptors (Lipinski definition) is 4. The van der Waals surface area contributed by atoms with Crippen LogP contribution in [0.1, 0.15) is 30.9 Å². The molecule has 0 aromatic heterocycles. The lowest BCUT2D eigenvalue weighted by Gasteiger charge is -2.35. The number of amides is 1. The van der Waals surface area contributed by atoms with Gasteiger partial charge in [-0.3, -0.25) is 9.69 Å². The van der Waals surface area contributed by atoms with E-state index < -0.39 is 0 Å². The van der Waals surface area contributed by atoms with E-state index in [0.29, 0.717) is 19.1 Å². The molecule has 2 aliphatic rings. The smallest absolute Gasteiger partial charge is 0.220 e. The Hall–Kier alpha value is -2.37. The Kier molecular flexibility index (Phi) is 6.24. The zero-order valence-corrected chi connectivity index (χ0v) is 16.1. The highest BCUT2D eigenvalue weighted by molar-refractivity contribution is 5.76. The van der Waals surface area contributed by atoms with Gasteiger partial charge in [-0.25, -0.2) is 0 Å². The van der Waals surface area contributed by atoms with Crippen molar-refractivity contribution in [1.29, 1.82) is 0 Å². The number of ether oxygens (including phenoxy) is 2. The van der Waals surface area contributed by atoms with Gasteiger partial charge in [0, 0.05) is 31.6 Å². The van der Waals surface area contributed by atoms with Crippen LogP contribution in [0.5, 0.6) is 5.75 Å². The molecule has 2 aliphatic heterocycles. The van der Waals surface area contributed by atoms with E-state index in [4.69, 9.17) is 9.47 Å². The summed E-state index contributed by atoms with van der Waals surface area (Å²) >= 11 is 0. The Bertz CT molecular complexity index is 753. The molecule has 0 bridgehead atoms. The molecule has 1 N–H and O–H groups in total. The van der Waals surface area contributed by atoms with Gasteiger partial charge in [0.2, 0.25) is 5.91 Å². The van der Waals surface area contributed by atoms with Crippen LogP contribution >= 0.6 is 0 Å². The molecule has 0 radical (unpaired) electrons. The quantitative estimate of drug-likeness (QED) is 0.750. The summed E-state index contributed by atoms with van der Waals surface area (Å²) in [6.07, 6.45) is 2.31. The van der Waals surface area contributed by atoms with Gasteiger partial charge in [0.05, 0.1) is 19.3 Å². The van der Waals surface area contributed by atoms with Crippen molar-refractivity contribution >= 4 is 5.91 Å². The number of morpholine rings is 1. The molecule has 1 amide bonds. The molecule has 2 aromatic carbocycles. The molecule has 0 spiro atoms. The van der Waals surface area contributed by atoms with Crippen molar-refractivity contribution in [3.63, 3.8) is 0 Å². The van der Waals surface area contributed by atoms with Gasteiger partial charge >= 0.3 is 0 Å². The standard InChI is InChI=1S/C23H28N2O3/c26-23(12-7-13-27-21-10-5-2-6-11-21)24-19-14-20-17-28-22(16-25(20)15-19)18-8-3-1-4-9-18/h1-6,8-11,19-20,22H,7,12-17H2,(H,24,26)/t19-,20+,22-/m1/s1.